The van der Waals surface area contributed by atoms with E-state index in [-0.39, 0.29) is 0 Å². The molecule has 0 radical (unpaired) electrons. The van der Waals surface area contributed by atoms with Gasteiger partial charge in [0.2, 0.25) is 0 Å². The second kappa shape index (κ2) is 8.55. The fourth-order valence-electron chi connectivity index (χ4n) is 2.11. The highest BCUT2D eigenvalue weighted by Crippen LogP contribution is 1.97. The van der Waals surface area contributed by atoms with Crippen molar-refractivity contribution in [1.82, 2.24) is 20.0 Å². The monoisotopic (exact) mass is 280 g/mol. The molecular weight excluding hydrogens is 256 g/mol. The summed E-state index contributed by atoms with van der Waals surface area (Å²) in [5.41, 5.74) is 5.81. The van der Waals surface area contributed by atoms with Gasteiger partial charge in [-0.2, -0.15) is 5.10 Å². The Morgan fingerprint density at radius 3 is 2.95 bits per heavy atom. The van der Waals surface area contributed by atoms with Gasteiger partial charge in [-0.1, -0.05) is 0 Å². The topological polar surface area (TPSA) is 80.7 Å². The summed E-state index contributed by atoms with van der Waals surface area (Å²) < 4.78 is 7.17. The Bertz CT molecular complexity index is 386. The first-order valence-corrected chi connectivity index (χ1v) is 7.16. The predicted octanol–water partition coefficient (Wildman–Crippen LogP) is -0.490. The number of morpholine rings is 1. The van der Waals surface area contributed by atoms with E-state index in [4.69, 9.17) is 10.5 Å². The summed E-state index contributed by atoms with van der Waals surface area (Å²) in [5, 5.41) is 7.21. The van der Waals surface area contributed by atoms with Gasteiger partial charge in [0.15, 0.2) is 5.96 Å². The van der Waals surface area contributed by atoms with E-state index < -0.39 is 0 Å². The molecule has 1 aromatic heterocycles. The van der Waals surface area contributed by atoms with Crippen LogP contribution in [0.3, 0.4) is 0 Å². The highest BCUT2D eigenvalue weighted by atomic mass is 16.5. The van der Waals surface area contributed by atoms with Crippen molar-refractivity contribution >= 4 is 5.96 Å². The Morgan fingerprint density at radius 1 is 1.35 bits per heavy atom. The lowest BCUT2D eigenvalue weighted by Crippen LogP contribution is -2.37. The highest BCUT2D eigenvalue weighted by molar-refractivity contribution is 5.77. The molecule has 0 bridgehead atoms. The van der Waals surface area contributed by atoms with Crippen molar-refractivity contribution in [2.45, 2.75) is 13.0 Å². The molecule has 0 aliphatic carbocycles. The minimum absolute atomic E-state index is 0.513. The van der Waals surface area contributed by atoms with E-state index in [1.165, 1.54) is 0 Å². The molecule has 0 spiro atoms. The summed E-state index contributed by atoms with van der Waals surface area (Å²) in [4.78, 5) is 6.73. The number of nitrogens with two attached hydrogens (primary N) is 1. The third kappa shape index (κ3) is 5.58. The van der Waals surface area contributed by atoms with Gasteiger partial charge in [0.1, 0.15) is 0 Å². The van der Waals surface area contributed by atoms with Gasteiger partial charge in [0, 0.05) is 45.1 Å². The van der Waals surface area contributed by atoms with Crippen molar-refractivity contribution in [3.63, 3.8) is 0 Å². The second-order valence-corrected chi connectivity index (χ2v) is 4.77. The van der Waals surface area contributed by atoms with Crippen LogP contribution in [0.15, 0.2) is 23.5 Å². The van der Waals surface area contributed by atoms with Crippen LogP contribution in [0.25, 0.3) is 0 Å². The number of hydrogen-bond acceptors (Lipinski definition) is 4. The first kappa shape index (κ1) is 14.8. The number of rotatable bonds is 7. The molecule has 7 nitrogen and oxygen atoms in total. The average Bonchev–Trinajstić information content (AvgIpc) is 2.98. The Morgan fingerprint density at radius 2 is 2.20 bits per heavy atom. The second-order valence-electron chi connectivity index (χ2n) is 4.77. The third-order valence-corrected chi connectivity index (χ3v) is 3.22. The van der Waals surface area contributed by atoms with Crippen LogP contribution in [-0.4, -0.2) is 66.6 Å². The maximum atomic E-state index is 5.81. The van der Waals surface area contributed by atoms with E-state index in [0.717, 1.165) is 58.9 Å². The number of guanidine groups is 1. The molecule has 0 atom stereocenters. The van der Waals surface area contributed by atoms with Gasteiger partial charge in [0.05, 0.1) is 19.8 Å². The van der Waals surface area contributed by atoms with Crippen LogP contribution in [0.4, 0.5) is 0 Å². The van der Waals surface area contributed by atoms with Gasteiger partial charge in [-0.25, -0.2) is 0 Å². The molecule has 2 rings (SSSR count). The maximum absolute atomic E-state index is 5.81. The molecule has 0 aromatic carbocycles. The molecule has 2 heterocycles. The molecule has 7 heteroatoms. The van der Waals surface area contributed by atoms with Gasteiger partial charge in [-0.15, -0.1) is 0 Å². The summed E-state index contributed by atoms with van der Waals surface area (Å²) in [6.07, 6.45) is 4.72. The number of aliphatic imine (C=N–C) groups is 1. The molecule has 0 saturated carbocycles. The summed E-state index contributed by atoms with van der Waals surface area (Å²) >= 11 is 0. The largest absolute Gasteiger partial charge is 0.379 e. The highest BCUT2D eigenvalue weighted by Gasteiger charge is 2.08. The number of ether oxygens (including phenoxy) is 1. The van der Waals surface area contributed by atoms with Crippen LogP contribution in [0.2, 0.25) is 0 Å². The van der Waals surface area contributed by atoms with E-state index in [9.17, 15) is 0 Å². The van der Waals surface area contributed by atoms with Crippen LogP contribution >= 0.6 is 0 Å². The van der Waals surface area contributed by atoms with Crippen LogP contribution in [-0.2, 0) is 11.3 Å². The van der Waals surface area contributed by atoms with Crippen LogP contribution in [0.5, 0.6) is 0 Å². The Kier molecular flexibility index (Phi) is 6.33. The zero-order valence-electron chi connectivity index (χ0n) is 11.9. The van der Waals surface area contributed by atoms with E-state index in [2.05, 4.69) is 20.3 Å². The summed E-state index contributed by atoms with van der Waals surface area (Å²) in [6.45, 7) is 7.10. The molecular formula is C13H24N6O. The number of nitrogens with zero attached hydrogens (tertiary/aromatic N) is 4. The van der Waals surface area contributed by atoms with Crippen LogP contribution in [0, 0.1) is 0 Å². The molecule has 0 unspecified atom stereocenters. The van der Waals surface area contributed by atoms with Crippen molar-refractivity contribution in [2.75, 3.05) is 45.9 Å². The molecule has 3 N–H and O–H groups in total. The van der Waals surface area contributed by atoms with Gasteiger partial charge in [0.25, 0.3) is 0 Å². The van der Waals surface area contributed by atoms with Gasteiger partial charge >= 0.3 is 0 Å². The number of nitrogens with one attached hydrogen (secondary N) is 1. The van der Waals surface area contributed by atoms with Crippen molar-refractivity contribution in [3.8, 4) is 0 Å². The fraction of sp³-hybridized carbons (Fsp3) is 0.692. The lowest BCUT2D eigenvalue weighted by Gasteiger charge is -2.26. The Hall–Kier alpha value is -1.60. The van der Waals surface area contributed by atoms with Crippen molar-refractivity contribution in [2.24, 2.45) is 10.7 Å². The van der Waals surface area contributed by atoms with Gasteiger partial charge in [-0.05, 0) is 12.5 Å². The summed E-state index contributed by atoms with van der Waals surface area (Å²) in [7, 11) is 0. The predicted molar refractivity (Wildman–Crippen MR) is 78.6 cm³/mol. The molecule has 20 heavy (non-hydrogen) atoms. The number of hydrogen-bond donors (Lipinski definition) is 2. The summed E-state index contributed by atoms with van der Waals surface area (Å²) in [6, 6.07) is 1.91. The lowest BCUT2D eigenvalue weighted by molar-refractivity contribution is 0.0377. The SMILES string of the molecule is NC(=NCCCN1CCOCC1)NCCn1cccn1. The lowest BCUT2D eigenvalue weighted by atomic mass is 10.3. The van der Waals surface area contributed by atoms with E-state index >= 15 is 0 Å². The van der Waals surface area contributed by atoms with Gasteiger partial charge < -0.3 is 15.8 Å². The smallest absolute Gasteiger partial charge is 0.188 e. The number of aromatic nitrogens is 2. The van der Waals surface area contributed by atoms with E-state index in [1.54, 1.807) is 6.20 Å². The molecule has 1 aliphatic rings. The molecule has 1 aliphatic heterocycles. The normalized spacial score (nSPS) is 17.3. The van der Waals surface area contributed by atoms with Crippen molar-refractivity contribution < 1.29 is 4.74 Å². The molecule has 1 fully saturated rings. The molecule has 1 aromatic rings. The van der Waals surface area contributed by atoms with E-state index in [0.29, 0.717) is 5.96 Å². The zero-order chi connectivity index (χ0) is 14.0. The Balaban J connectivity index is 1.52. The standard InChI is InChI=1S/C13H24N6O/c14-13(16-5-8-19-7-2-4-17-19)15-3-1-6-18-9-11-20-12-10-18/h2,4,7H,1,3,5-6,8-12H2,(H3,14,15,16). The first-order chi connectivity index (χ1) is 9.84. The molecule has 1 saturated heterocycles. The van der Waals surface area contributed by atoms with Crippen LogP contribution in [0.1, 0.15) is 6.42 Å². The Labute approximate surface area is 119 Å². The fourth-order valence-corrected chi connectivity index (χ4v) is 2.11. The van der Waals surface area contributed by atoms with Crippen molar-refractivity contribution in [1.29, 1.82) is 0 Å². The maximum Gasteiger partial charge on any atom is 0.188 e. The minimum Gasteiger partial charge on any atom is -0.379 e. The zero-order valence-corrected chi connectivity index (χ0v) is 11.9. The minimum atomic E-state index is 0.513. The first-order valence-electron chi connectivity index (χ1n) is 7.16. The van der Waals surface area contributed by atoms with Crippen LogP contribution < -0.4 is 11.1 Å². The quantitative estimate of drug-likeness (QED) is 0.400. The third-order valence-electron chi connectivity index (χ3n) is 3.22. The average molecular weight is 280 g/mol. The molecule has 0 amide bonds. The summed E-state index contributed by atoms with van der Waals surface area (Å²) in [5.74, 6) is 0.513. The van der Waals surface area contributed by atoms with Gasteiger partial charge in [-0.3, -0.25) is 14.6 Å². The van der Waals surface area contributed by atoms with Crippen molar-refractivity contribution in [3.05, 3.63) is 18.5 Å². The van der Waals surface area contributed by atoms with E-state index in [1.807, 2.05) is 16.9 Å². The molecule has 112 valence electrons.